The maximum atomic E-state index is 9.80. The first kappa shape index (κ1) is 9.38. The summed E-state index contributed by atoms with van der Waals surface area (Å²) in [6.45, 7) is 0. The molecular formula is C12H16O2. The zero-order valence-corrected chi connectivity index (χ0v) is 8.49. The van der Waals surface area contributed by atoms with Crippen LogP contribution in [0.3, 0.4) is 0 Å². The first-order valence-corrected chi connectivity index (χ1v) is 5.18. The lowest BCUT2D eigenvalue weighted by Gasteiger charge is -2.12. The van der Waals surface area contributed by atoms with Gasteiger partial charge in [0.25, 0.3) is 0 Å². The highest BCUT2D eigenvalue weighted by Gasteiger charge is 2.19. The van der Waals surface area contributed by atoms with Crippen molar-refractivity contribution in [1.82, 2.24) is 0 Å². The number of hydrogen-bond acceptors (Lipinski definition) is 2. The predicted octanol–water partition coefficient (Wildman–Crippen LogP) is 3.06. The normalized spacial score (nSPS) is 17.2. The van der Waals surface area contributed by atoms with Crippen molar-refractivity contribution in [2.75, 3.05) is 7.11 Å². The highest BCUT2D eigenvalue weighted by molar-refractivity contribution is 5.41. The quantitative estimate of drug-likeness (QED) is 0.780. The molecule has 1 aromatic rings. The van der Waals surface area contributed by atoms with E-state index in [4.69, 9.17) is 4.74 Å². The van der Waals surface area contributed by atoms with Crippen molar-refractivity contribution in [1.29, 1.82) is 0 Å². The SMILES string of the molecule is COc1ccc(C2CCCC2)c(O)c1. The molecule has 0 unspecified atom stereocenters. The maximum absolute atomic E-state index is 9.80. The minimum Gasteiger partial charge on any atom is -0.508 e. The lowest BCUT2D eigenvalue weighted by molar-refractivity contribution is 0.405. The van der Waals surface area contributed by atoms with Crippen LogP contribution in [0.25, 0.3) is 0 Å². The van der Waals surface area contributed by atoms with Gasteiger partial charge in [0.2, 0.25) is 0 Å². The summed E-state index contributed by atoms with van der Waals surface area (Å²) in [6.07, 6.45) is 4.99. The number of aromatic hydroxyl groups is 1. The van der Waals surface area contributed by atoms with Gasteiger partial charge in [-0.15, -0.1) is 0 Å². The van der Waals surface area contributed by atoms with Crippen molar-refractivity contribution >= 4 is 0 Å². The van der Waals surface area contributed by atoms with Crippen LogP contribution in [-0.2, 0) is 0 Å². The van der Waals surface area contributed by atoms with Crippen LogP contribution in [0.15, 0.2) is 18.2 Å². The molecule has 1 N–H and O–H groups in total. The van der Waals surface area contributed by atoms with Gasteiger partial charge < -0.3 is 9.84 Å². The van der Waals surface area contributed by atoms with E-state index in [1.54, 1.807) is 13.2 Å². The van der Waals surface area contributed by atoms with E-state index >= 15 is 0 Å². The molecule has 0 bridgehead atoms. The third-order valence-electron chi connectivity index (χ3n) is 3.03. The van der Waals surface area contributed by atoms with Crippen LogP contribution in [0, 0.1) is 0 Å². The number of phenolic OH excluding ortho intramolecular Hbond substituents is 1. The lowest BCUT2D eigenvalue weighted by Crippen LogP contribution is -1.93. The average Bonchev–Trinajstić information content (AvgIpc) is 2.70. The second-order valence-corrected chi connectivity index (χ2v) is 3.91. The monoisotopic (exact) mass is 192 g/mol. The molecule has 2 nitrogen and oxygen atoms in total. The molecule has 0 atom stereocenters. The summed E-state index contributed by atoms with van der Waals surface area (Å²) < 4.78 is 5.05. The molecule has 0 aliphatic heterocycles. The molecule has 0 saturated heterocycles. The molecule has 0 heterocycles. The number of phenols is 1. The number of benzene rings is 1. The second kappa shape index (κ2) is 3.91. The Labute approximate surface area is 84.5 Å². The molecule has 0 aromatic heterocycles. The molecule has 1 aromatic carbocycles. The van der Waals surface area contributed by atoms with Gasteiger partial charge in [0.15, 0.2) is 0 Å². The lowest BCUT2D eigenvalue weighted by atomic mass is 9.97. The van der Waals surface area contributed by atoms with Crippen LogP contribution in [0.1, 0.15) is 37.2 Å². The molecule has 1 aliphatic carbocycles. The molecule has 0 radical (unpaired) electrons. The van der Waals surface area contributed by atoms with Crippen molar-refractivity contribution in [3.8, 4) is 11.5 Å². The van der Waals surface area contributed by atoms with Crippen LogP contribution in [0.4, 0.5) is 0 Å². The van der Waals surface area contributed by atoms with Gasteiger partial charge in [-0.25, -0.2) is 0 Å². The maximum Gasteiger partial charge on any atom is 0.122 e. The fraction of sp³-hybridized carbons (Fsp3) is 0.500. The molecule has 1 saturated carbocycles. The zero-order valence-electron chi connectivity index (χ0n) is 8.49. The molecular weight excluding hydrogens is 176 g/mol. The van der Waals surface area contributed by atoms with Gasteiger partial charge in [0.05, 0.1) is 7.11 Å². The van der Waals surface area contributed by atoms with Gasteiger partial charge in [0.1, 0.15) is 11.5 Å². The minimum absolute atomic E-state index is 0.385. The van der Waals surface area contributed by atoms with E-state index in [1.807, 2.05) is 12.1 Å². The van der Waals surface area contributed by atoms with Crippen molar-refractivity contribution in [2.45, 2.75) is 31.6 Å². The molecule has 2 rings (SSSR count). The summed E-state index contributed by atoms with van der Waals surface area (Å²) in [4.78, 5) is 0. The van der Waals surface area contributed by atoms with E-state index < -0.39 is 0 Å². The molecule has 14 heavy (non-hydrogen) atoms. The Balaban J connectivity index is 2.25. The van der Waals surface area contributed by atoms with Crippen molar-refractivity contribution < 1.29 is 9.84 Å². The summed E-state index contributed by atoms with van der Waals surface area (Å²) in [5.74, 6) is 1.67. The molecule has 2 heteroatoms. The topological polar surface area (TPSA) is 29.5 Å². The highest BCUT2D eigenvalue weighted by Crippen LogP contribution is 2.39. The number of hydrogen-bond donors (Lipinski definition) is 1. The van der Waals surface area contributed by atoms with Crippen LogP contribution >= 0.6 is 0 Å². The van der Waals surface area contributed by atoms with E-state index in [1.165, 1.54) is 25.7 Å². The molecule has 1 aliphatic rings. The number of rotatable bonds is 2. The Morgan fingerprint density at radius 2 is 2.00 bits per heavy atom. The Bertz CT molecular complexity index is 314. The van der Waals surface area contributed by atoms with Gasteiger partial charge in [-0.05, 0) is 30.4 Å². The summed E-state index contributed by atoms with van der Waals surface area (Å²) in [5, 5.41) is 9.80. The average molecular weight is 192 g/mol. The number of methoxy groups -OCH3 is 1. The van der Waals surface area contributed by atoms with Crippen LogP contribution in [0.2, 0.25) is 0 Å². The van der Waals surface area contributed by atoms with Crippen molar-refractivity contribution in [2.24, 2.45) is 0 Å². The number of ether oxygens (including phenoxy) is 1. The predicted molar refractivity (Wildman–Crippen MR) is 55.9 cm³/mol. The van der Waals surface area contributed by atoms with Gasteiger partial charge in [-0.2, -0.15) is 0 Å². The van der Waals surface area contributed by atoms with Gasteiger partial charge in [-0.3, -0.25) is 0 Å². The first-order valence-electron chi connectivity index (χ1n) is 5.18. The highest BCUT2D eigenvalue weighted by atomic mass is 16.5. The molecule has 0 spiro atoms. The van der Waals surface area contributed by atoms with E-state index in [9.17, 15) is 5.11 Å². The van der Waals surface area contributed by atoms with Gasteiger partial charge in [-0.1, -0.05) is 18.9 Å². The van der Waals surface area contributed by atoms with Crippen LogP contribution in [0.5, 0.6) is 11.5 Å². The minimum atomic E-state index is 0.385. The Kier molecular flexibility index (Phi) is 2.62. The fourth-order valence-electron chi connectivity index (χ4n) is 2.23. The fourth-order valence-corrected chi connectivity index (χ4v) is 2.23. The summed E-state index contributed by atoms with van der Waals surface area (Å²) in [5.41, 5.74) is 1.09. The van der Waals surface area contributed by atoms with Gasteiger partial charge in [0, 0.05) is 6.07 Å². The Hall–Kier alpha value is -1.18. The Morgan fingerprint density at radius 1 is 1.29 bits per heavy atom. The van der Waals surface area contributed by atoms with E-state index in [0.717, 1.165) is 11.3 Å². The first-order chi connectivity index (χ1) is 6.81. The third kappa shape index (κ3) is 1.69. The summed E-state index contributed by atoms with van der Waals surface area (Å²) in [6, 6.07) is 5.62. The van der Waals surface area contributed by atoms with E-state index in [0.29, 0.717) is 11.7 Å². The standard InChI is InChI=1S/C12H16O2/c1-14-10-6-7-11(12(13)8-10)9-4-2-3-5-9/h6-9,13H,2-5H2,1H3. The summed E-state index contributed by atoms with van der Waals surface area (Å²) >= 11 is 0. The van der Waals surface area contributed by atoms with E-state index in [2.05, 4.69) is 0 Å². The van der Waals surface area contributed by atoms with Crippen molar-refractivity contribution in [3.05, 3.63) is 23.8 Å². The van der Waals surface area contributed by atoms with E-state index in [-0.39, 0.29) is 0 Å². The van der Waals surface area contributed by atoms with Gasteiger partial charge >= 0.3 is 0 Å². The summed E-state index contributed by atoms with van der Waals surface area (Å²) in [7, 11) is 1.62. The third-order valence-corrected chi connectivity index (χ3v) is 3.03. The largest absolute Gasteiger partial charge is 0.508 e. The smallest absolute Gasteiger partial charge is 0.122 e. The van der Waals surface area contributed by atoms with Crippen molar-refractivity contribution in [3.63, 3.8) is 0 Å². The second-order valence-electron chi connectivity index (χ2n) is 3.91. The Morgan fingerprint density at radius 3 is 2.57 bits per heavy atom. The molecule has 76 valence electrons. The van der Waals surface area contributed by atoms with Crippen LogP contribution in [-0.4, -0.2) is 12.2 Å². The zero-order chi connectivity index (χ0) is 9.97. The van der Waals surface area contributed by atoms with Crippen LogP contribution < -0.4 is 4.74 Å². The molecule has 0 amide bonds. The molecule has 1 fully saturated rings.